The minimum atomic E-state index is -0.857. The molecule has 2 aromatic rings. The number of piperazine rings is 1. The van der Waals surface area contributed by atoms with Gasteiger partial charge in [0.05, 0.1) is 11.5 Å². The van der Waals surface area contributed by atoms with E-state index in [9.17, 15) is 29.5 Å². The normalized spacial score (nSPS) is 13.9. The fourth-order valence-corrected chi connectivity index (χ4v) is 3.01. The van der Waals surface area contributed by atoms with Gasteiger partial charge in [0, 0.05) is 43.5 Å². The topological polar surface area (TPSA) is 107 Å². The zero-order valence-electron chi connectivity index (χ0n) is 15.2. The highest BCUT2D eigenvalue weighted by Gasteiger charge is 2.24. The second-order valence-corrected chi connectivity index (χ2v) is 6.28. The van der Waals surface area contributed by atoms with Crippen LogP contribution in [0.5, 0.6) is 11.5 Å². The van der Waals surface area contributed by atoms with Gasteiger partial charge in [-0.3, -0.25) is 19.8 Å². The first-order chi connectivity index (χ1) is 12.8. The highest BCUT2D eigenvalue weighted by Crippen LogP contribution is 2.36. The fourth-order valence-electron chi connectivity index (χ4n) is 3.01. The molecular formula is C18H20Cl2FN3O5. The molecule has 0 radical (unpaired) electrons. The summed E-state index contributed by atoms with van der Waals surface area (Å²) in [5, 5.41) is 30.0. The maximum Gasteiger partial charge on any atom is 0.315 e. The van der Waals surface area contributed by atoms with Crippen LogP contribution >= 0.6 is 24.8 Å². The number of phenols is 2. The lowest BCUT2D eigenvalue weighted by molar-refractivity contribution is -0.386. The maximum absolute atomic E-state index is 13.0. The number of rotatable bonds is 5. The quantitative estimate of drug-likeness (QED) is 0.314. The van der Waals surface area contributed by atoms with E-state index in [0.717, 1.165) is 17.8 Å². The molecule has 3 rings (SSSR count). The van der Waals surface area contributed by atoms with E-state index < -0.39 is 22.1 Å². The van der Waals surface area contributed by atoms with Crippen LogP contribution in [0.2, 0.25) is 0 Å². The van der Waals surface area contributed by atoms with Crippen LogP contribution in [0.3, 0.4) is 0 Å². The number of nitrogens with zero attached hydrogens (tertiary/aromatic N) is 3. The summed E-state index contributed by atoms with van der Waals surface area (Å²) >= 11 is 0. The number of carbonyl (C=O) groups is 1. The molecule has 1 saturated heterocycles. The molecule has 8 nitrogen and oxygen atoms in total. The van der Waals surface area contributed by atoms with Gasteiger partial charge in [0.15, 0.2) is 11.5 Å². The largest absolute Gasteiger partial charge is 0.504 e. The van der Waals surface area contributed by atoms with Crippen molar-refractivity contribution >= 4 is 42.0 Å². The third kappa shape index (κ3) is 5.69. The van der Waals surface area contributed by atoms with E-state index in [0.29, 0.717) is 26.2 Å². The molecule has 0 unspecified atom stereocenters. The SMILES string of the molecule is Cl.Cl.O=C(CN1CCN(c2ccc(F)cc2)CC1)c1cc(O)c(O)c([N+](=O)[O-])c1. The Balaban J connectivity index is 0.00000210. The van der Waals surface area contributed by atoms with Crippen LogP contribution in [-0.2, 0) is 0 Å². The molecule has 0 aromatic heterocycles. The Morgan fingerprint density at radius 2 is 1.66 bits per heavy atom. The number of Topliss-reactive ketones (excluding diaryl/α,β-unsaturated/α-hetero) is 1. The van der Waals surface area contributed by atoms with Crippen LogP contribution in [0.1, 0.15) is 10.4 Å². The molecule has 0 aliphatic carbocycles. The first-order valence-corrected chi connectivity index (χ1v) is 8.31. The van der Waals surface area contributed by atoms with Crippen molar-refractivity contribution < 1.29 is 24.3 Å². The van der Waals surface area contributed by atoms with Crippen LogP contribution < -0.4 is 4.90 Å². The number of anilines is 1. The first-order valence-electron chi connectivity index (χ1n) is 8.31. The van der Waals surface area contributed by atoms with Gasteiger partial charge in [-0.25, -0.2) is 4.39 Å². The Morgan fingerprint density at radius 1 is 1.07 bits per heavy atom. The van der Waals surface area contributed by atoms with Gasteiger partial charge in [-0.05, 0) is 30.3 Å². The van der Waals surface area contributed by atoms with Crippen molar-refractivity contribution in [2.45, 2.75) is 0 Å². The summed E-state index contributed by atoms with van der Waals surface area (Å²) in [6.45, 7) is 2.53. The predicted octanol–water partition coefficient (Wildman–Crippen LogP) is 2.99. The molecule has 158 valence electrons. The van der Waals surface area contributed by atoms with Crippen molar-refractivity contribution in [3.8, 4) is 11.5 Å². The van der Waals surface area contributed by atoms with Gasteiger partial charge in [-0.1, -0.05) is 0 Å². The third-order valence-corrected chi connectivity index (χ3v) is 4.52. The summed E-state index contributed by atoms with van der Waals surface area (Å²) in [7, 11) is 0. The number of halogens is 3. The fraction of sp³-hybridized carbons (Fsp3) is 0.278. The number of carbonyl (C=O) groups excluding carboxylic acids is 1. The summed E-state index contributed by atoms with van der Waals surface area (Å²) in [5.74, 6) is -2.24. The Hall–Kier alpha value is -2.62. The van der Waals surface area contributed by atoms with Gasteiger partial charge in [0.2, 0.25) is 5.75 Å². The van der Waals surface area contributed by atoms with Gasteiger partial charge in [-0.2, -0.15) is 0 Å². The van der Waals surface area contributed by atoms with Gasteiger partial charge < -0.3 is 15.1 Å². The Bertz CT molecular complexity index is 875. The monoisotopic (exact) mass is 447 g/mol. The summed E-state index contributed by atoms with van der Waals surface area (Å²) in [5.41, 5.74) is 0.166. The zero-order chi connectivity index (χ0) is 19.6. The van der Waals surface area contributed by atoms with Gasteiger partial charge in [0.25, 0.3) is 0 Å². The number of hydrogen-bond acceptors (Lipinski definition) is 7. The minimum Gasteiger partial charge on any atom is -0.504 e. The maximum atomic E-state index is 13.0. The third-order valence-electron chi connectivity index (χ3n) is 4.52. The van der Waals surface area contributed by atoms with Crippen LogP contribution in [0, 0.1) is 15.9 Å². The van der Waals surface area contributed by atoms with E-state index in [-0.39, 0.29) is 48.5 Å². The standard InChI is InChI=1S/C18H18FN3O5.2ClH/c19-13-1-3-14(4-2-13)21-7-5-20(6-8-21)11-17(24)12-9-15(22(26)27)18(25)16(23)10-12;;/h1-4,9-10,23,25H,5-8,11H2;2*1H. The van der Waals surface area contributed by atoms with E-state index in [1.54, 1.807) is 12.1 Å². The van der Waals surface area contributed by atoms with E-state index >= 15 is 0 Å². The molecule has 29 heavy (non-hydrogen) atoms. The Morgan fingerprint density at radius 3 is 2.21 bits per heavy atom. The summed E-state index contributed by atoms with van der Waals surface area (Å²) in [6, 6.07) is 8.19. The predicted molar refractivity (Wildman–Crippen MR) is 110 cm³/mol. The van der Waals surface area contributed by atoms with Gasteiger partial charge >= 0.3 is 5.69 Å². The molecule has 0 bridgehead atoms. The molecule has 2 aromatic carbocycles. The van der Waals surface area contributed by atoms with Crippen molar-refractivity contribution in [3.63, 3.8) is 0 Å². The van der Waals surface area contributed by atoms with Crippen molar-refractivity contribution in [2.75, 3.05) is 37.6 Å². The first kappa shape index (κ1) is 24.4. The van der Waals surface area contributed by atoms with E-state index in [1.165, 1.54) is 12.1 Å². The smallest absolute Gasteiger partial charge is 0.315 e. The molecule has 0 saturated carbocycles. The molecular weight excluding hydrogens is 428 g/mol. The zero-order valence-corrected chi connectivity index (χ0v) is 16.8. The molecule has 0 spiro atoms. The number of nitro benzene ring substituents is 1. The second kappa shape index (κ2) is 10.2. The Kier molecular flexibility index (Phi) is 8.62. The highest BCUT2D eigenvalue weighted by molar-refractivity contribution is 5.99. The summed E-state index contributed by atoms with van der Waals surface area (Å²) in [4.78, 5) is 26.5. The number of nitro groups is 1. The molecule has 1 fully saturated rings. The van der Waals surface area contributed by atoms with E-state index in [4.69, 9.17) is 0 Å². The van der Waals surface area contributed by atoms with E-state index in [2.05, 4.69) is 4.90 Å². The molecule has 11 heteroatoms. The summed E-state index contributed by atoms with van der Waals surface area (Å²) in [6.07, 6.45) is 0. The second-order valence-electron chi connectivity index (χ2n) is 6.28. The Labute approximate surface area is 178 Å². The summed E-state index contributed by atoms with van der Waals surface area (Å²) < 4.78 is 13.0. The van der Waals surface area contributed by atoms with Crippen molar-refractivity contribution in [1.82, 2.24) is 4.90 Å². The van der Waals surface area contributed by atoms with Gasteiger partial charge in [0.1, 0.15) is 5.82 Å². The lowest BCUT2D eigenvalue weighted by atomic mass is 10.1. The van der Waals surface area contributed by atoms with Gasteiger partial charge in [-0.15, -0.1) is 24.8 Å². The number of ketones is 1. The molecule has 1 heterocycles. The average molecular weight is 448 g/mol. The number of hydrogen-bond donors (Lipinski definition) is 2. The van der Waals surface area contributed by atoms with Crippen molar-refractivity contribution in [1.29, 1.82) is 0 Å². The number of aromatic hydroxyl groups is 2. The molecule has 1 aliphatic heterocycles. The van der Waals surface area contributed by atoms with Crippen LogP contribution in [0.25, 0.3) is 0 Å². The number of benzene rings is 2. The van der Waals surface area contributed by atoms with E-state index in [1.807, 2.05) is 4.90 Å². The van der Waals surface area contributed by atoms with Crippen LogP contribution in [0.15, 0.2) is 36.4 Å². The van der Waals surface area contributed by atoms with Crippen LogP contribution in [0.4, 0.5) is 15.8 Å². The van der Waals surface area contributed by atoms with Crippen molar-refractivity contribution in [2.24, 2.45) is 0 Å². The lowest BCUT2D eigenvalue weighted by Gasteiger charge is -2.35. The lowest BCUT2D eigenvalue weighted by Crippen LogP contribution is -2.48. The highest BCUT2D eigenvalue weighted by atomic mass is 35.5. The molecule has 0 atom stereocenters. The van der Waals surface area contributed by atoms with Crippen LogP contribution in [-0.4, -0.2) is 58.5 Å². The molecule has 2 N–H and O–H groups in total. The average Bonchev–Trinajstić information content (AvgIpc) is 2.65. The number of phenolic OH excluding ortho intramolecular Hbond substituents is 2. The molecule has 0 amide bonds. The van der Waals surface area contributed by atoms with Crippen molar-refractivity contribution in [3.05, 3.63) is 57.9 Å². The molecule has 1 aliphatic rings. The minimum absolute atomic E-state index is 0.